The van der Waals surface area contributed by atoms with Crippen LogP contribution >= 0.6 is 0 Å². The fourth-order valence-corrected chi connectivity index (χ4v) is 3.28. The highest BCUT2D eigenvalue weighted by Gasteiger charge is 2.41. The second-order valence-electron chi connectivity index (χ2n) is 6.21. The maximum absolute atomic E-state index is 13.0. The normalized spacial score (nSPS) is 29.5. The molecular weight excluding hydrogens is 239 g/mol. The van der Waals surface area contributed by atoms with E-state index in [4.69, 9.17) is 5.73 Å². The Hall–Kier alpha value is -0.930. The third-order valence-electron chi connectivity index (χ3n) is 4.84. The Kier molecular flexibility index (Phi) is 4.26. The number of hydrogen-bond acceptors (Lipinski definition) is 2. The molecule has 0 radical (unpaired) electrons. The Morgan fingerprint density at radius 2 is 1.74 bits per heavy atom. The molecule has 2 nitrogen and oxygen atoms in total. The lowest BCUT2D eigenvalue weighted by atomic mass is 9.70. The van der Waals surface area contributed by atoms with Gasteiger partial charge in [0.15, 0.2) is 0 Å². The first-order chi connectivity index (χ1) is 8.95. The summed E-state index contributed by atoms with van der Waals surface area (Å²) in [7, 11) is 4.22. The molecular formula is C16H25FN2. The van der Waals surface area contributed by atoms with Gasteiger partial charge < -0.3 is 10.6 Å². The largest absolute Gasteiger partial charge is 0.322 e. The third-order valence-corrected chi connectivity index (χ3v) is 4.84. The van der Waals surface area contributed by atoms with Gasteiger partial charge in [0.25, 0.3) is 0 Å². The van der Waals surface area contributed by atoms with Crippen molar-refractivity contribution in [3.05, 3.63) is 35.6 Å². The summed E-state index contributed by atoms with van der Waals surface area (Å²) in [5, 5.41) is 0. The van der Waals surface area contributed by atoms with Crippen LogP contribution < -0.4 is 5.73 Å². The fourth-order valence-electron chi connectivity index (χ4n) is 3.28. The van der Waals surface area contributed by atoms with Crippen molar-refractivity contribution in [2.75, 3.05) is 14.1 Å². The van der Waals surface area contributed by atoms with Crippen LogP contribution in [0, 0.1) is 11.7 Å². The van der Waals surface area contributed by atoms with Crippen LogP contribution in [0.3, 0.4) is 0 Å². The van der Waals surface area contributed by atoms with Gasteiger partial charge >= 0.3 is 0 Å². The molecule has 0 aliphatic heterocycles. The number of likely N-dealkylation sites (N-methyl/N-ethyl adjacent to an activating group) is 1. The van der Waals surface area contributed by atoms with Gasteiger partial charge in [-0.15, -0.1) is 0 Å². The molecule has 3 heteroatoms. The molecule has 1 saturated carbocycles. The lowest BCUT2D eigenvalue weighted by molar-refractivity contribution is 0.0564. The fraction of sp³-hybridized carbons (Fsp3) is 0.625. The Morgan fingerprint density at radius 1 is 1.21 bits per heavy atom. The van der Waals surface area contributed by atoms with Gasteiger partial charge in [-0.3, -0.25) is 0 Å². The van der Waals surface area contributed by atoms with Gasteiger partial charge in [-0.05, 0) is 63.4 Å². The Bertz CT molecular complexity index is 405. The summed E-state index contributed by atoms with van der Waals surface area (Å²) in [5.41, 5.74) is 7.57. The summed E-state index contributed by atoms with van der Waals surface area (Å²) < 4.78 is 13.0. The minimum atomic E-state index is -0.202. The first-order valence-electron chi connectivity index (χ1n) is 7.14. The van der Waals surface area contributed by atoms with Crippen molar-refractivity contribution in [1.29, 1.82) is 0 Å². The summed E-state index contributed by atoms with van der Waals surface area (Å²) in [6.45, 7) is 2.31. The highest BCUT2D eigenvalue weighted by molar-refractivity contribution is 5.24. The summed E-state index contributed by atoms with van der Waals surface area (Å²) in [4.78, 5) is 2.27. The van der Waals surface area contributed by atoms with Gasteiger partial charge in [0.2, 0.25) is 0 Å². The molecule has 1 atom stereocenters. The molecule has 1 aliphatic rings. The number of nitrogens with zero attached hydrogens (tertiary/aromatic N) is 1. The standard InChI is InChI=1S/C16H25FN2/c1-12-8-10-16(11-9-12,19(2)3)15(18)13-4-6-14(17)7-5-13/h4-7,12,15H,8-11,18H2,1-3H3. The molecule has 0 amide bonds. The summed E-state index contributed by atoms with van der Waals surface area (Å²) >= 11 is 0. The van der Waals surface area contributed by atoms with E-state index >= 15 is 0 Å². The molecule has 2 N–H and O–H groups in total. The second kappa shape index (κ2) is 5.59. The molecule has 1 aromatic carbocycles. The van der Waals surface area contributed by atoms with Crippen molar-refractivity contribution in [3.8, 4) is 0 Å². The van der Waals surface area contributed by atoms with Crippen LogP contribution in [0.2, 0.25) is 0 Å². The molecule has 0 spiro atoms. The molecule has 2 rings (SSSR count). The van der Waals surface area contributed by atoms with E-state index in [1.807, 2.05) is 12.1 Å². The maximum Gasteiger partial charge on any atom is 0.123 e. The van der Waals surface area contributed by atoms with E-state index < -0.39 is 0 Å². The molecule has 1 fully saturated rings. The second-order valence-corrected chi connectivity index (χ2v) is 6.21. The lowest BCUT2D eigenvalue weighted by Gasteiger charge is -2.48. The van der Waals surface area contributed by atoms with Crippen molar-refractivity contribution < 1.29 is 4.39 Å². The molecule has 0 aromatic heterocycles. The maximum atomic E-state index is 13.0. The first kappa shape index (κ1) is 14.5. The van der Waals surface area contributed by atoms with E-state index in [1.54, 1.807) is 0 Å². The van der Waals surface area contributed by atoms with Crippen molar-refractivity contribution in [2.45, 2.75) is 44.2 Å². The molecule has 106 valence electrons. The van der Waals surface area contributed by atoms with Crippen LogP contribution in [0.1, 0.15) is 44.2 Å². The lowest BCUT2D eigenvalue weighted by Crippen LogP contribution is -2.54. The molecule has 1 unspecified atom stereocenters. The van der Waals surface area contributed by atoms with Gasteiger partial charge in [0.1, 0.15) is 5.82 Å². The van der Waals surface area contributed by atoms with Gasteiger partial charge in [0, 0.05) is 11.6 Å². The Balaban J connectivity index is 2.26. The van der Waals surface area contributed by atoms with E-state index in [2.05, 4.69) is 25.9 Å². The number of nitrogens with two attached hydrogens (primary N) is 1. The molecule has 0 heterocycles. The number of rotatable bonds is 3. The number of benzene rings is 1. The van der Waals surface area contributed by atoms with Crippen LogP contribution in [0.5, 0.6) is 0 Å². The van der Waals surface area contributed by atoms with Crippen molar-refractivity contribution in [2.24, 2.45) is 11.7 Å². The average Bonchev–Trinajstić information content (AvgIpc) is 2.39. The molecule has 1 aromatic rings. The monoisotopic (exact) mass is 264 g/mol. The Morgan fingerprint density at radius 3 is 2.21 bits per heavy atom. The highest BCUT2D eigenvalue weighted by Crippen LogP contribution is 2.42. The van der Waals surface area contributed by atoms with E-state index in [0.29, 0.717) is 0 Å². The molecule has 19 heavy (non-hydrogen) atoms. The minimum absolute atomic E-state index is 0.00431. The zero-order valence-electron chi connectivity index (χ0n) is 12.2. The summed E-state index contributed by atoms with van der Waals surface area (Å²) in [6, 6.07) is 6.59. The smallest absolute Gasteiger partial charge is 0.123 e. The van der Waals surface area contributed by atoms with Crippen molar-refractivity contribution in [1.82, 2.24) is 4.90 Å². The summed E-state index contributed by atoms with van der Waals surface area (Å²) in [5.74, 6) is 0.584. The molecule has 0 bridgehead atoms. The van der Waals surface area contributed by atoms with Gasteiger partial charge in [-0.25, -0.2) is 4.39 Å². The predicted molar refractivity (Wildman–Crippen MR) is 77.4 cm³/mol. The predicted octanol–water partition coefficient (Wildman–Crippen LogP) is 3.34. The zero-order valence-corrected chi connectivity index (χ0v) is 12.2. The Labute approximate surface area is 115 Å². The van der Waals surface area contributed by atoms with E-state index in [9.17, 15) is 4.39 Å². The third kappa shape index (κ3) is 2.82. The zero-order chi connectivity index (χ0) is 14.0. The summed E-state index contributed by atoms with van der Waals surface area (Å²) in [6.07, 6.45) is 4.65. The van der Waals surface area contributed by atoms with Crippen LogP contribution in [0.4, 0.5) is 4.39 Å². The first-order valence-corrected chi connectivity index (χ1v) is 7.14. The quantitative estimate of drug-likeness (QED) is 0.907. The van der Waals surface area contributed by atoms with E-state index in [1.165, 1.54) is 25.0 Å². The van der Waals surface area contributed by atoms with Crippen LogP contribution in [0.25, 0.3) is 0 Å². The minimum Gasteiger partial charge on any atom is -0.322 e. The molecule has 1 aliphatic carbocycles. The van der Waals surface area contributed by atoms with E-state index in [-0.39, 0.29) is 17.4 Å². The van der Waals surface area contributed by atoms with Gasteiger partial charge in [-0.2, -0.15) is 0 Å². The van der Waals surface area contributed by atoms with Crippen LogP contribution in [-0.2, 0) is 0 Å². The highest BCUT2D eigenvalue weighted by atomic mass is 19.1. The van der Waals surface area contributed by atoms with E-state index in [0.717, 1.165) is 24.3 Å². The van der Waals surface area contributed by atoms with Crippen molar-refractivity contribution in [3.63, 3.8) is 0 Å². The van der Waals surface area contributed by atoms with Crippen LogP contribution in [0.15, 0.2) is 24.3 Å². The van der Waals surface area contributed by atoms with Crippen molar-refractivity contribution >= 4 is 0 Å². The molecule has 0 saturated heterocycles. The number of hydrogen-bond donors (Lipinski definition) is 1. The SMILES string of the molecule is CC1CCC(C(N)c2ccc(F)cc2)(N(C)C)CC1. The van der Waals surface area contributed by atoms with Crippen LogP contribution in [-0.4, -0.2) is 24.5 Å². The van der Waals surface area contributed by atoms with Gasteiger partial charge in [0.05, 0.1) is 0 Å². The average molecular weight is 264 g/mol. The topological polar surface area (TPSA) is 29.3 Å². The number of halogens is 1. The van der Waals surface area contributed by atoms with Gasteiger partial charge in [-0.1, -0.05) is 19.1 Å².